The van der Waals surface area contributed by atoms with Crippen LogP contribution in [0.15, 0.2) is 22.6 Å². The van der Waals surface area contributed by atoms with Gasteiger partial charge >= 0.3 is 6.03 Å². The van der Waals surface area contributed by atoms with Crippen LogP contribution in [0.4, 0.5) is 10.5 Å². The van der Waals surface area contributed by atoms with E-state index in [1.54, 1.807) is 18.2 Å². The molecule has 2 saturated carbocycles. The molecule has 4 amide bonds. The topological polar surface area (TPSA) is 105 Å². The Kier molecular flexibility index (Phi) is 5.21. The Hall–Kier alpha value is -2.90. The van der Waals surface area contributed by atoms with Gasteiger partial charge in [-0.25, -0.2) is 9.78 Å². The van der Waals surface area contributed by atoms with Crippen LogP contribution in [-0.2, 0) is 9.59 Å². The van der Waals surface area contributed by atoms with Gasteiger partial charge in [0, 0.05) is 11.6 Å². The number of benzene rings is 1. The van der Waals surface area contributed by atoms with Crippen molar-refractivity contribution < 1.29 is 18.8 Å². The average molecular weight is 453 g/mol. The van der Waals surface area contributed by atoms with Crippen LogP contribution < -0.4 is 10.6 Å². The van der Waals surface area contributed by atoms with Crippen molar-refractivity contribution in [2.24, 2.45) is 11.3 Å². The van der Waals surface area contributed by atoms with Crippen LogP contribution in [0, 0.1) is 11.3 Å². The van der Waals surface area contributed by atoms with Crippen molar-refractivity contribution in [2.45, 2.75) is 77.2 Å². The number of nitrogens with zero attached hydrogens (tertiary/aromatic N) is 2. The molecule has 2 heterocycles. The number of carbonyl (C=O) groups is 3. The van der Waals surface area contributed by atoms with Gasteiger partial charge in [-0.05, 0) is 68.1 Å². The third kappa shape index (κ3) is 4.00. The maximum Gasteiger partial charge on any atom is 0.325 e. The van der Waals surface area contributed by atoms with Gasteiger partial charge in [0.1, 0.15) is 17.6 Å². The Morgan fingerprint density at radius 3 is 2.64 bits per heavy atom. The summed E-state index contributed by atoms with van der Waals surface area (Å²) < 4.78 is 5.76. The molecule has 8 heteroatoms. The number of hydrogen-bond acceptors (Lipinski definition) is 5. The zero-order valence-electron chi connectivity index (χ0n) is 19.6. The molecule has 5 rings (SSSR count). The number of nitrogens with one attached hydrogen (secondary N) is 2. The van der Waals surface area contributed by atoms with Crippen LogP contribution in [0.2, 0.25) is 0 Å². The number of fused-ring (bicyclic) bond motifs is 1. The molecule has 1 aromatic heterocycles. The van der Waals surface area contributed by atoms with E-state index in [-0.39, 0.29) is 17.9 Å². The molecular formula is C25H32N4O4. The first kappa shape index (κ1) is 21.9. The Morgan fingerprint density at radius 1 is 1.24 bits per heavy atom. The number of anilines is 1. The first-order valence-electron chi connectivity index (χ1n) is 12.1. The fraction of sp³-hybridized carbons (Fsp3) is 0.600. The number of imide groups is 1. The maximum atomic E-state index is 13.2. The Morgan fingerprint density at radius 2 is 1.97 bits per heavy atom. The molecule has 0 radical (unpaired) electrons. The molecule has 2 aliphatic carbocycles. The Balaban J connectivity index is 1.22. The lowest BCUT2D eigenvalue weighted by molar-refractivity contribution is -0.135. The van der Waals surface area contributed by atoms with Crippen LogP contribution in [0.1, 0.15) is 77.5 Å². The van der Waals surface area contributed by atoms with E-state index in [0.717, 1.165) is 42.9 Å². The van der Waals surface area contributed by atoms with Crippen LogP contribution in [0.3, 0.4) is 0 Å². The number of aromatic nitrogens is 1. The minimum Gasteiger partial charge on any atom is -0.440 e. The van der Waals surface area contributed by atoms with Crippen molar-refractivity contribution in [3.63, 3.8) is 0 Å². The Labute approximate surface area is 193 Å². The lowest BCUT2D eigenvalue weighted by Crippen LogP contribution is -2.51. The van der Waals surface area contributed by atoms with Gasteiger partial charge < -0.3 is 15.1 Å². The fourth-order valence-corrected chi connectivity index (χ4v) is 5.21. The van der Waals surface area contributed by atoms with Gasteiger partial charge in [-0.3, -0.25) is 14.5 Å². The third-order valence-corrected chi connectivity index (χ3v) is 8.02. The summed E-state index contributed by atoms with van der Waals surface area (Å²) in [4.78, 5) is 44.1. The van der Waals surface area contributed by atoms with E-state index in [2.05, 4.69) is 36.4 Å². The molecular weight excluding hydrogens is 420 g/mol. The second kappa shape index (κ2) is 7.85. The van der Waals surface area contributed by atoms with E-state index in [1.807, 2.05) is 0 Å². The van der Waals surface area contributed by atoms with E-state index in [0.29, 0.717) is 41.5 Å². The molecule has 8 nitrogen and oxygen atoms in total. The standard InChI is InChI=1S/C25H32N4O4/c1-4-24(2,3)16-9-11-25(12-10-16)22(31)29(23(32)28-25)14-20(30)26-17-7-8-19-18(13-17)27-21(33-19)15-5-6-15/h7-8,13,15-16H,4-6,9-12,14H2,1-3H3,(H,26,30)(H,28,32). The second-order valence-corrected chi connectivity index (χ2v) is 10.6. The molecule has 2 aromatic rings. The first-order chi connectivity index (χ1) is 15.7. The van der Waals surface area contributed by atoms with Crippen molar-refractivity contribution in [1.29, 1.82) is 0 Å². The molecule has 3 aliphatic rings. The normalized spacial score (nSPS) is 25.7. The van der Waals surface area contributed by atoms with Gasteiger partial charge in [-0.1, -0.05) is 27.2 Å². The highest BCUT2D eigenvalue weighted by molar-refractivity contribution is 6.10. The summed E-state index contributed by atoms with van der Waals surface area (Å²) in [7, 11) is 0. The lowest BCUT2D eigenvalue weighted by Gasteiger charge is -2.42. The second-order valence-electron chi connectivity index (χ2n) is 10.6. The van der Waals surface area contributed by atoms with E-state index in [4.69, 9.17) is 4.42 Å². The molecule has 1 aromatic carbocycles. The summed E-state index contributed by atoms with van der Waals surface area (Å²) >= 11 is 0. The molecule has 0 unspecified atom stereocenters. The molecule has 1 aliphatic heterocycles. The summed E-state index contributed by atoms with van der Waals surface area (Å²) in [5.41, 5.74) is 1.30. The van der Waals surface area contributed by atoms with Gasteiger partial charge in [0.2, 0.25) is 5.91 Å². The molecule has 0 bridgehead atoms. The van der Waals surface area contributed by atoms with Crippen molar-refractivity contribution in [3.05, 3.63) is 24.1 Å². The minimum absolute atomic E-state index is 0.219. The largest absolute Gasteiger partial charge is 0.440 e. The van der Waals surface area contributed by atoms with Gasteiger partial charge in [0.05, 0.1) is 0 Å². The number of hydrogen-bond donors (Lipinski definition) is 2. The average Bonchev–Trinajstić information content (AvgIpc) is 3.52. The number of carbonyl (C=O) groups excluding carboxylic acids is 3. The summed E-state index contributed by atoms with van der Waals surface area (Å²) in [5.74, 6) is 0.987. The van der Waals surface area contributed by atoms with Crippen LogP contribution >= 0.6 is 0 Å². The summed E-state index contributed by atoms with van der Waals surface area (Å²) in [6.45, 7) is 6.43. The zero-order chi connectivity index (χ0) is 23.4. The predicted molar refractivity (Wildman–Crippen MR) is 124 cm³/mol. The molecule has 33 heavy (non-hydrogen) atoms. The SMILES string of the molecule is CCC(C)(C)C1CCC2(CC1)NC(=O)N(CC(=O)Nc1ccc3oc(C4CC4)nc3c1)C2=O. The predicted octanol–water partition coefficient (Wildman–Crippen LogP) is 4.56. The Bertz CT molecular complexity index is 1110. The molecule has 1 spiro atoms. The smallest absolute Gasteiger partial charge is 0.325 e. The van der Waals surface area contributed by atoms with E-state index in [9.17, 15) is 14.4 Å². The van der Waals surface area contributed by atoms with E-state index in [1.165, 1.54) is 0 Å². The van der Waals surface area contributed by atoms with Crippen LogP contribution in [-0.4, -0.2) is 39.8 Å². The lowest BCUT2D eigenvalue weighted by atomic mass is 9.65. The molecule has 176 valence electrons. The number of rotatable bonds is 6. The maximum absolute atomic E-state index is 13.2. The quantitative estimate of drug-likeness (QED) is 0.625. The summed E-state index contributed by atoms with van der Waals surface area (Å²) in [6, 6.07) is 4.80. The highest BCUT2D eigenvalue weighted by Gasteiger charge is 2.53. The minimum atomic E-state index is -0.865. The number of oxazole rings is 1. The first-order valence-corrected chi connectivity index (χ1v) is 12.1. The van der Waals surface area contributed by atoms with Gasteiger partial charge in [0.25, 0.3) is 5.91 Å². The van der Waals surface area contributed by atoms with Crippen molar-refractivity contribution in [1.82, 2.24) is 15.2 Å². The van der Waals surface area contributed by atoms with Gasteiger partial charge in [0.15, 0.2) is 11.5 Å². The summed E-state index contributed by atoms with van der Waals surface area (Å²) in [6.07, 6.45) is 6.31. The monoisotopic (exact) mass is 452 g/mol. The van der Waals surface area contributed by atoms with Crippen LogP contribution in [0.25, 0.3) is 11.1 Å². The third-order valence-electron chi connectivity index (χ3n) is 8.02. The van der Waals surface area contributed by atoms with E-state index < -0.39 is 17.5 Å². The molecule has 0 atom stereocenters. The van der Waals surface area contributed by atoms with Crippen molar-refractivity contribution in [2.75, 3.05) is 11.9 Å². The van der Waals surface area contributed by atoms with Gasteiger partial charge in [-0.2, -0.15) is 0 Å². The van der Waals surface area contributed by atoms with Crippen LogP contribution in [0.5, 0.6) is 0 Å². The number of urea groups is 1. The molecule has 2 N–H and O–H groups in total. The van der Waals surface area contributed by atoms with E-state index >= 15 is 0 Å². The fourth-order valence-electron chi connectivity index (χ4n) is 5.21. The van der Waals surface area contributed by atoms with Crippen molar-refractivity contribution in [3.8, 4) is 0 Å². The van der Waals surface area contributed by atoms with Crippen molar-refractivity contribution >= 4 is 34.6 Å². The zero-order valence-corrected chi connectivity index (χ0v) is 19.6. The highest BCUT2D eigenvalue weighted by atomic mass is 16.3. The molecule has 1 saturated heterocycles. The summed E-state index contributed by atoms with van der Waals surface area (Å²) in [5, 5.41) is 5.69. The molecule has 3 fully saturated rings. The van der Waals surface area contributed by atoms with Gasteiger partial charge in [-0.15, -0.1) is 0 Å². The number of amides is 4. The highest BCUT2D eigenvalue weighted by Crippen LogP contribution is 2.45.